The summed E-state index contributed by atoms with van der Waals surface area (Å²) in [6, 6.07) is 16.7. The highest BCUT2D eigenvalue weighted by Crippen LogP contribution is 2.36. The Kier molecular flexibility index (Phi) is 6.79. The van der Waals surface area contributed by atoms with Crippen molar-refractivity contribution in [2.75, 3.05) is 5.75 Å². The maximum Gasteiger partial charge on any atom is 0.230 e. The van der Waals surface area contributed by atoms with Crippen LogP contribution in [-0.2, 0) is 11.3 Å². The van der Waals surface area contributed by atoms with E-state index in [-0.39, 0.29) is 23.5 Å². The van der Waals surface area contributed by atoms with Gasteiger partial charge in [0.15, 0.2) is 11.0 Å². The molecule has 30 heavy (non-hydrogen) atoms. The summed E-state index contributed by atoms with van der Waals surface area (Å²) < 4.78 is 16.5. The van der Waals surface area contributed by atoms with E-state index in [0.717, 1.165) is 31.2 Å². The zero-order valence-corrected chi connectivity index (χ0v) is 17.6. The Balaban J connectivity index is 1.49. The fourth-order valence-corrected chi connectivity index (χ4v) is 4.68. The van der Waals surface area contributed by atoms with Gasteiger partial charge in [0.25, 0.3) is 0 Å². The number of carbonyl (C=O) groups is 1. The molecule has 0 aliphatic heterocycles. The van der Waals surface area contributed by atoms with Crippen LogP contribution < -0.4 is 5.32 Å². The molecule has 1 aliphatic carbocycles. The summed E-state index contributed by atoms with van der Waals surface area (Å²) in [5.41, 5.74) is 1.51. The lowest BCUT2D eigenvalue weighted by Gasteiger charge is -2.25. The highest BCUT2D eigenvalue weighted by molar-refractivity contribution is 7.99. The first-order valence-corrected chi connectivity index (χ1v) is 11.3. The van der Waals surface area contributed by atoms with E-state index >= 15 is 0 Å². The molecule has 4 rings (SSSR count). The third kappa shape index (κ3) is 4.90. The van der Waals surface area contributed by atoms with E-state index in [4.69, 9.17) is 0 Å². The lowest BCUT2D eigenvalue weighted by Crippen LogP contribution is -2.25. The van der Waals surface area contributed by atoms with Gasteiger partial charge in [-0.05, 0) is 30.5 Å². The monoisotopic (exact) mass is 424 g/mol. The predicted octanol–water partition coefficient (Wildman–Crippen LogP) is 5.00. The van der Waals surface area contributed by atoms with Gasteiger partial charge in [-0.25, -0.2) is 4.39 Å². The molecular formula is C23H25FN4OS. The zero-order chi connectivity index (χ0) is 20.8. The molecule has 1 N–H and O–H groups in total. The number of amides is 1. The first-order valence-electron chi connectivity index (χ1n) is 10.4. The Morgan fingerprint density at radius 3 is 2.53 bits per heavy atom. The molecule has 0 unspecified atom stereocenters. The van der Waals surface area contributed by atoms with Crippen LogP contribution in [0.25, 0.3) is 11.4 Å². The summed E-state index contributed by atoms with van der Waals surface area (Å²) in [5, 5.41) is 12.3. The van der Waals surface area contributed by atoms with E-state index < -0.39 is 0 Å². The molecule has 0 saturated heterocycles. The standard InChI is InChI=1S/C23H25FN4OS/c24-20-14-8-7-13-19(20)22-26-27-23(28(22)18-11-5-2-6-12-18)30-16-21(29)25-15-17-9-3-1-4-10-17/h1,3-4,7-10,13-14,18H,2,5-6,11-12,15-16H2,(H,25,29). The SMILES string of the molecule is O=C(CSc1nnc(-c2ccccc2F)n1C1CCCCC1)NCc1ccccc1. The number of hydrogen-bond donors (Lipinski definition) is 1. The van der Waals surface area contributed by atoms with Crippen LogP contribution in [0, 0.1) is 5.82 Å². The normalized spacial score (nSPS) is 14.6. The highest BCUT2D eigenvalue weighted by atomic mass is 32.2. The van der Waals surface area contributed by atoms with Gasteiger partial charge in [-0.2, -0.15) is 0 Å². The second-order valence-corrected chi connectivity index (χ2v) is 8.44. The largest absolute Gasteiger partial charge is 0.351 e. The third-order valence-corrected chi connectivity index (χ3v) is 6.33. The smallest absolute Gasteiger partial charge is 0.230 e. The predicted molar refractivity (Wildman–Crippen MR) is 117 cm³/mol. The minimum Gasteiger partial charge on any atom is -0.351 e. The number of aromatic nitrogens is 3. The van der Waals surface area contributed by atoms with E-state index in [0.29, 0.717) is 23.1 Å². The molecule has 1 heterocycles. The van der Waals surface area contributed by atoms with Crippen molar-refractivity contribution in [3.63, 3.8) is 0 Å². The maximum atomic E-state index is 14.5. The Morgan fingerprint density at radius 1 is 1.03 bits per heavy atom. The lowest BCUT2D eigenvalue weighted by atomic mass is 9.95. The van der Waals surface area contributed by atoms with Crippen LogP contribution in [0.3, 0.4) is 0 Å². The average Bonchev–Trinajstić information content (AvgIpc) is 3.21. The van der Waals surface area contributed by atoms with Crippen molar-refractivity contribution in [3.8, 4) is 11.4 Å². The molecule has 1 aromatic heterocycles. The molecule has 1 fully saturated rings. The van der Waals surface area contributed by atoms with Gasteiger partial charge in [0.1, 0.15) is 5.82 Å². The Bertz CT molecular complexity index is 986. The number of nitrogens with zero attached hydrogens (tertiary/aromatic N) is 3. The van der Waals surface area contributed by atoms with Gasteiger partial charge in [0, 0.05) is 12.6 Å². The molecule has 0 spiro atoms. The van der Waals surface area contributed by atoms with E-state index in [1.54, 1.807) is 12.1 Å². The van der Waals surface area contributed by atoms with E-state index in [9.17, 15) is 9.18 Å². The quantitative estimate of drug-likeness (QED) is 0.543. The summed E-state index contributed by atoms with van der Waals surface area (Å²) in [6.45, 7) is 0.496. The van der Waals surface area contributed by atoms with Crippen LogP contribution in [0.5, 0.6) is 0 Å². The van der Waals surface area contributed by atoms with Crippen LogP contribution in [-0.4, -0.2) is 26.4 Å². The second-order valence-electron chi connectivity index (χ2n) is 7.50. The average molecular weight is 425 g/mol. The van der Waals surface area contributed by atoms with Crippen LogP contribution in [0.1, 0.15) is 43.7 Å². The van der Waals surface area contributed by atoms with Gasteiger partial charge < -0.3 is 5.32 Å². The molecule has 156 valence electrons. The van der Waals surface area contributed by atoms with Crippen LogP contribution in [0.4, 0.5) is 4.39 Å². The van der Waals surface area contributed by atoms with Gasteiger partial charge in [-0.1, -0.05) is 73.5 Å². The van der Waals surface area contributed by atoms with Crippen LogP contribution in [0.15, 0.2) is 59.8 Å². The third-order valence-electron chi connectivity index (χ3n) is 5.38. The van der Waals surface area contributed by atoms with Crippen molar-refractivity contribution < 1.29 is 9.18 Å². The minimum atomic E-state index is -0.306. The molecular weight excluding hydrogens is 399 g/mol. The fourth-order valence-electron chi connectivity index (χ4n) is 3.85. The van der Waals surface area contributed by atoms with Crippen molar-refractivity contribution in [2.45, 2.75) is 49.8 Å². The van der Waals surface area contributed by atoms with Crippen LogP contribution in [0.2, 0.25) is 0 Å². The summed E-state index contributed by atoms with van der Waals surface area (Å²) in [7, 11) is 0. The maximum absolute atomic E-state index is 14.5. The number of thioether (sulfide) groups is 1. The lowest BCUT2D eigenvalue weighted by molar-refractivity contribution is -0.118. The molecule has 5 nitrogen and oxygen atoms in total. The molecule has 1 aliphatic rings. The fraction of sp³-hybridized carbons (Fsp3) is 0.348. The van der Waals surface area contributed by atoms with Crippen LogP contribution >= 0.6 is 11.8 Å². The van der Waals surface area contributed by atoms with Crippen molar-refractivity contribution >= 4 is 17.7 Å². The van der Waals surface area contributed by atoms with Gasteiger partial charge in [-0.3, -0.25) is 9.36 Å². The van der Waals surface area contributed by atoms with E-state index in [1.807, 2.05) is 41.0 Å². The molecule has 2 aromatic carbocycles. The number of carbonyl (C=O) groups excluding carboxylic acids is 1. The van der Waals surface area contributed by atoms with Crippen molar-refractivity contribution in [3.05, 3.63) is 66.0 Å². The molecule has 1 amide bonds. The second kappa shape index (κ2) is 9.89. The van der Waals surface area contributed by atoms with E-state index in [1.165, 1.54) is 24.2 Å². The van der Waals surface area contributed by atoms with Gasteiger partial charge >= 0.3 is 0 Å². The van der Waals surface area contributed by atoms with E-state index in [2.05, 4.69) is 15.5 Å². The number of benzene rings is 2. The molecule has 3 aromatic rings. The summed E-state index contributed by atoms with van der Waals surface area (Å²) >= 11 is 1.36. The van der Waals surface area contributed by atoms with Crippen molar-refractivity contribution in [2.24, 2.45) is 0 Å². The number of hydrogen-bond acceptors (Lipinski definition) is 4. The van der Waals surface area contributed by atoms with Crippen molar-refractivity contribution in [1.29, 1.82) is 0 Å². The first-order chi connectivity index (χ1) is 14.7. The zero-order valence-electron chi connectivity index (χ0n) is 16.8. The number of halogens is 1. The number of rotatable bonds is 7. The minimum absolute atomic E-state index is 0.0607. The summed E-state index contributed by atoms with van der Waals surface area (Å²) in [6.07, 6.45) is 5.54. The van der Waals surface area contributed by atoms with Gasteiger partial charge in [0.05, 0.1) is 11.3 Å². The number of nitrogens with one attached hydrogen (secondary N) is 1. The van der Waals surface area contributed by atoms with Crippen molar-refractivity contribution in [1.82, 2.24) is 20.1 Å². The Labute approximate surface area is 180 Å². The molecule has 1 saturated carbocycles. The van der Waals surface area contributed by atoms with Gasteiger partial charge in [-0.15, -0.1) is 10.2 Å². The van der Waals surface area contributed by atoms with Gasteiger partial charge in [0.2, 0.25) is 5.91 Å². The Morgan fingerprint density at radius 2 is 1.77 bits per heavy atom. The summed E-state index contributed by atoms with van der Waals surface area (Å²) in [5.74, 6) is 0.426. The Hall–Kier alpha value is -2.67. The molecule has 0 atom stereocenters. The topological polar surface area (TPSA) is 59.8 Å². The highest BCUT2D eigenvalue weighted by Gasteiger charge is 2.25. The summed E-state index contributed by atoms with van der Waals surface area (Å²) in [4.78, 5) is 12.4. The molecule has 7 heteroatoms. The first kappa shape index (κ1) is 20.6. The molecule has 0 bridgehead atoms. The molecule has 0 radical (unpaired) electrons.